The molecule has 0 aliphatic heterocycles. The van der Waals surface area contributed by atoms with Crippen molar-refractivity contribution >= 4 is 5.97 Å². The van der Waals surface area contributed by atoms with Crippen molar-refractivity contribution in [3.8, 4) is 0 Å². The summed E-state index contributed by atoms with van der Waals surface area (Å²) in [5, 5.41) is 8.86. The van der Waals surface area contributed by atoms with E-state index >= 15 is 0 Å². The highest BCUT2D eigenvalue weighted by Gasteiger charge is 2.42. The number of hydrogen-bond donors (Lipinski definition) is 1. The Labute approximate surface area is 95.3 Å². The van der Waals surface area contributed by atoms with Gasteiger partial charge in [-0.25, -0.2) is 0 Å². The van der Waals surface area contributed by atoms with Crippen LogP contribution in [0.1, 0.15) is 29.5 Å². The van der Waals surface area contributed by atoms with Crippen molar-refractivity contribution in [2.45, 2.75) is 32.1 Å². The molecule has 1 saturated carbocycles. The van der Waals surface area contributed by atoms with E-state index in [1.165, 1.54) is 36.0 Å². The van der Waals surface area contributed by atoms with E-state index in [1.54, 1.807) is 0 Å². The highest BCUT2D eigenvalue weighted by molar-refractivity contribution is 5.73. The van der Waals surface area contributed by atoms with Crippen LogP contribution in [0, 0.1) is 11.8 Å². The lowest BCUT2D eigenvalue weighted by Crippen LogP contribution is -2.01. The number of rotatable bonds is 3. The SMILES string of the molecule is O=C(O)[C@H]1C[C@H]1Cc1ccc2c(c1)CCC2. The molecule has 1 fully saturated rings. The van der Waals surface area contributed by atoms with Crippen molar-refractivity contribution in [3.63, 3.8) is 0 Å². The molecule has 1 aromatic rings. The van der Waals surface area contributed by atoms with Gasteiger partial charge in [0.05, 0.1) is 5.92 Å². The summed E-state index contributed by atoms with van der Waals surface area (Å²) in [4.78, 5) is 10.7. The van der Waals surface area contributed by atoms with E-state index in [2.05, 4.69) is 18.2 Å². The van der Waals surface area contributed by atoms with Gasteiger partial charge in [-0.2, -0.15) is 0 Å². The van der Waals surface area contributed by atoms with Gasteiger partial charge in [-0.15, -0.1) is 0 Å². The van der Waals surface area contributed by atoms with Crippen LogP contribution in [0.4, 0.5) is 0 Å². The summed E-state index contributed by atoms with van der Waals surface area (Å²) in [5.74, 6) is -0.309. The van der Waals surface area contributed by atoms with Crippen molar-refractivity contribution in [2.24, 2.45) is 11.8 Å². The third-order valence-corrected chi connectivity index (χ3v) is 3.90. The lowest BCUT2D eigenvalue weighted by molar-refractivity contribution is -0.138. The molecule has 0 unspecified atom stereocenters. The molecule has 2 aliphatic rings. The van der Waals surface area contributed by atoms with Crippen LogP contribution in [-0.4, -0.2) is 11.1 Å². The summed E-state index contributed by atoms with van der Waals surface area (Å²) in [5.41, 5.74) is 4.31. The van der Waals surface area contributed by atoms with Gasteiger partial charge in [0, 0.05) is 0 Å². The Hall–Kier alpha value is -1.31. The molecule has 0 spiro atoms. The first-order chi connectivity index (χ1) is 7.74. The number of carboxylic acids is 1. The summed E-state index contributed by atoms with van der Waals surface area (Å²) in [6, 6.07) is 6.71. The standard InChI is InChI=1S/C14H16O2/c15-14(16)13-8-12(13)7-9-4-5-10-2-1-3-11(10)6-9/h4-6,12-13H,1-3,7-8H2,(H,15,16)/t12-,13+/m1/s1. The third kappa shape index (κ3) is 1.73. The second kappa shape index (κ2) is 3.62. The Morgan fingerprint density at radius 3 is 2.88 bits per heavy atom. The highest BCUT2D eigenvalue weighted by atomic mass is 16.4. The summed E-state index contributed by atoms with van der Waals surface area (Å²) < 4.78 is 0. The Morgan fingerprint density at radius 1 is 1.31 bits per heavy atom. The zero-order valence-electron chi connectivity index (χ0n) is 9.28. The Balaban J connectivity index is 1.70. The predicted octanol–water partition coefficient (Wildman–Crippen LogP) is 2.44. The van der Waals surface area contributed by atoms with Gasteiger partial charge in [-0.1, -0.05) is 18.2 Å². The monoisotopic (exact) mass is 216 g/mol. The minimum atomic E-state index is -0.619. The molecule has 16 heavy (non-hydrogen) atoms. The molecule has 0 saturated heterocycles. The largest absolute Gasteiger partial charge is 0.481 e. The maximum atomic E-state index is 10.7. The fraction of sp³-hybridized carbons (Fsp3) is 0.500. The first kappa shape index (κ1) is 9.88. The molecule has 2 aliphatic carbocycles. The van der Waals surface area contributed by atoms with E-state index in [0.29, 0.717) is 5.92 Å². The second-order valence-electron chi connectivity index (χ2n) is 5.10. The fourth-order valence-corrected chi connectivity index (χ4v) is 2.83. The van der Waals surface area contributed by atoms with Gasteiger partial charge in [0.1, 0.15) is 0 Å². The molecule has 1 aromatic carbocycles. The van der Waals surface area contributed by atoms with Gasteiger partial charge >= 0.3 is 5.97 Å². The van der Waals surface area contributed by atoms with Crippen LogP contribution in [0.5, 0.6) is 0 Å². The zero-order valence-corrected chi connectivity index (χ0v) is 9.28. The highest BCUT2D eigenvalue weighted by Crippen LogP contribution is 2.41. The van der Waals surface area contributed by atoms with Crippen LogP contribution in [0.25, 0.3) is 0 Å². The average molecular weight is 216 g/mol. The van der Waals surface area contributed by atoms with E-state index in [1.807, 2.05) is 0 Å². The third-order valence-electron chi connectivity index (χ3n) is 3.90. The van der Waals surface area contributed by atoms with E-state index in [4.69, 9.17) is 5.11 Å². The van der Waals surface area contributed by atoms with Gasteiger partial charge in [0.15, 0.2) is 0 Å². The van der Waals surface area contributed by atoms with Crippen LogP contribution >= 0.6 is 0 Å². The van der Waals surface area contributed by atoms with E-state index in [0.717, 1.165) is 12.8 Å². The first-order valence-electron chi connectivity index (χ1n) is 6.07. The molecule has 84 valence electrons. The zero-order chi connectivity index (χ0) is 11.1. The Morgan fingerprint density at radius 2 is 2.12 bits per heavy atom. The van der Waals surface area contributed by atoms with Crippen LogP contribution in [-0.2, 0) is 24.1 Å². The van der Waals surface area contributed by atoms with Crippen molar-refractivity contribution in [1.82, 2.24) is 0 Å². The number of hydrogen-bond acceptors (Lipinski definition) is 1. The van der Waals surface area contributed by atoms with Crippen molar-refractivity contribution in [2.75, 3.05) is 0 Å². The normalized spacial score (nSPS) is 26.5. The molecule has 3 rings (SSSR count). The lowest BCUT2D eigenvalue weighted by atomic mass is 10.0. The van der Waals surface area contributed by atoms with Gasteiger partial charge < -0.3 is 5.11 Å². The Kier molecular flexibility index (Phi) is 2.23. The van der Waals surface area contributed by atoms with Crippen LogP contribution in [0.2, 0.25) is 0 Å². The second-order valence-corrected chi connectivity index (χ2v) is 5.10. The fourth-order valence-electron chi connectivity index (χ4n) is 2.83. The summed E-state index contributed by atoms with van der Waals surface area (Å²) in [7, 11) is 0. The molecule has 2 heteroatoms. The summed E-state index contributed by atoms with van der Waals surface area (Å²) in [6.07, 6.45) is 5.52. The van der Waals surface area contributed by atoms with Crippen LogP contribution < -0.4 is 0 Å². The Bertz CT molecular complexity index is 436. The maximum Gasteiger partial charge on any atom is 0.306 e. The van der Waals surface area contributed by atoms with Gasteiger partial charge in [-0.05, 0) is 54.7 Å². The summed E-state index contributed by atoms with van der Waals surface area (Å²) in [6.45, 7) is 0. The number of fused-ring (bicyclic) bond motifs is 1. The molecule has 2 nitrogen and oxygen atoms in total. The maximum absolute atomic E-state index is 10.7. The molecule has 0 radical (unpaired) electrons. The minimum Gasteiger partial charge on any atom is -0.481 e. The van der Waals surface area contributed by atoms with E-state index in [9.17, 15) is 4.79 Å². The van der Waals surface area contributed by atoms with Crippen LogP contribution in [0.3, 0.4) is 0 Å². The summed E-state index contributed by atoms with van der Waals surface area (Å²) >= 11 is 0. The number of aliphatic carboxylic acids is 1. The number of carboxylic acid groups (broad SMARTS) is 1. The number of aryl methyl sites for hydroxylation is 2. The van der Waals surface area contributed by atoms with Gasteiger partial charge in [0.25, 0.3) is 0 Å². The topological polar surface area (TPSA) is 37.3 Å². The van der Waals surface area contributed by atoms with Crippen molar-refractivity contribution < 1.29 is 9.90 Å². The number of carbonyl (C=O) groups is 1. The molecule has 0 aromatic heterocycles. The van der Waals surface area contributed by atoms with Gasteiger partial charge in [-0.3, -0.25) is 4.79 Å². The molecular weight excluding hydrogens is 200 g/mol. The number of benzene rings is 1. The van der Waals surface area contributed by atoms with Crippen molar-refractivity contribution in [3.05, 3.63) is 34.9 Å². The van der Waals surface area contributed by atoms with Gasteiger partial charge in [0.2, 0.25) is 0 Å². The molecular formula is C14H16O2. The molecule has 2 atom stereocenters. The molecule has 0 heterocycles. The first-order valence-corrected chi connectivity index (χ1v) is 6.07. The predicted molar refractivity (Wildman–Crippen MR) is 61.4 cm³/mol. The van der Waals surface area contributed by atoms with E-state index < -0.39 is 5.97 Å². The van der Waals surface area contributed by atoms with Crippen LogP contribution in [0.15, 0.2) is 18.2 Å². The minimum absolute atomic E-state index is 0.0757. The van der Waals surface area contributed by atoms with Crippen molar-refractivity contribution in [1.29, 1.82) is 0 Å². The average Bonchev–Trinajstić information content (AvgIpc) is 2.87. The molecule has 0 amide bonds. The quantitative estimate of drug-likeness (QED) is 0.842. The molecule has 1 N–H and O–H groups in total. The van der Waals surface area contributed by atoms with E-state index in [-0.39, 0.29) is 5.92 Å². The lowest BCUT2D eigenvalue weighted by Gasteiger charge is -2.04. The molecule has 0 bridgehead atoms. The smallest absolute Gasteiger partial charge is 0.306 e.